The van der Waals surface area contributed by atoms with E-state index in [2.05, 4.69) is 24.5 Å². The van der Waals surface area contributed by atoms with Crippen molar-refractivity contribution in [3.05, 3.63) is 0 Å². The van der Waals surface area contributed by atoms with Crippen LogP contribution in [0.1, 0.15) is 181 Å². The molecule has 0 aromatic rings. The molecule has 0 saturated carbocycles. The summed E-state index contributed by atoms with van der Waals surface area (Å²) in [4.78, 5) is 43.1. The molecule has 0 rings (SSSR count). The molecular formula is C34H64BaN2O6. The van der Waals surface area contributed by atoms with Gasteiger partial charge in [0.05, 0.1) is 0 Å². The smallest absolute Gasteiger partial charge is 0.550 e. The molecule has 2 N–H and O–H groups in total. The number of hydrogen-bond donors (Lipinski definition) is 2. The summed E-state index contributed by atoms with van der Waals surface area (Å²) in [7, 11) is 0. The van der Waals surface area contributed by atoms with Crippen LogP contribution in [0, 0.1) is 0 Å². The van der Waals surface area contributed by atoms with Crippen molar-refractivity contribution in [1.29, 1.82) is 0 Å². The van der Waals surface area contributed by atoms with Gasteiger partial charge >= 0.3 is 48.9 Å². The maximum Gasteiger partial charge on any atom is 2.00 e. The average Bonchev–Trinajstić information content (AvgIpc) is 2.94. The summed E-state index contributed by atoms with van der Waals surface area (Å²) >= 11 is 0. The van der Waals surface area contributed by atoms with Crippen molar-refractivity contribution in [2.45, 2.75) is 181 Å². The van der Waals surface area contributed by atoms with Gasteiger partial charge in [0.1, 0.15) is 0 Å². The molecule has 9 heteroatoms. The molecule has 8 nitrogen and oxygen atoms in total. The van der Waals surface area contributed by atoms with E-state index in [1.165, 1.54) is 116 Å². The molecule has 0 unspecified atom stereocenters. The topological polar surface area (TPSA) is 138 Å². The van der Waals surface area contributed by atoms with E-state index in [-0.39, 0.29) is 86.6 Å². The molecule has 0 radical (unpaired) electrons. The van der Waals surface area contributed by atoms with Crippen LogP contribution in [-0.4, -0.2) is 85.7 Å². The van der Waals surface area contributed by atoms with Crippen LogP contribution in [0.5, 0.6) is 0 Å². The fourth-order valence-electron chi connectivity index (χ4n) is 4.68. The summed E-state index contributed by atoms with van der Waals surface area (Å²) in [6.07, 6.45) is 28.6. The number of amides is 2. The molecule has 0 spiro atoms. The third-order valence-electron chi connectivity index (χ3n) is 7.32. The standard InChI is InChI=1S/2C17H33NO3.Ba/c2*1-2-3-4-5-6-7-8-9-10-11-12-13-16(19)18-15-14-17(20)21;/h2*2-15H2,1H3,(H,18,19)(H,20,21);/q;;+2/p-2. The van der Waals surface area contributed by atoms with E-state index in [4.69, 9.17) is 0 Å². The van der Waals surface area contributed by atoms with Gasteiger partial charge in [-0.25, -0.2) is 0 Å². The Morgan fingerprint density at radius 2 is 0.628 bits per heavy atom. The third kappa shape index (κ3) is 46.0. The van der Waals surface area contributed by atoms with Crippen LogP contribution in [-0.2, 0) is 19.2 Å². The maximum absolute atomic E-state index is 11.4. The van der Waals surface area contributed by atoms with E-state index in [0.717, 1.165) is 25.7 Å². The number of carbonyl (C=O) groups excluding carboxylic acids is 4. The van der Waals surface area contributed by atoms with Gasteiger partial charge in [0, 0.05) is 50.7 Å². The Labute approximate surface area is 304 Å². The van der Waals surface area contributed by atoms with Crippen LogP contribution >= 0.6 is 0 Å². The zero-order chi connectivity index (χ0) is 31.5. The van der Waals surface area contributed by atoms with E-state index < -0.39 is 11.9 Å². The Balaban J connectivity index is -0.000000727. The second-order valence-corrected chi connectivity index (χ2v) is 11.5. The number of aliphatic carboxylic acids is 2. The zero-order valence-electron chi connectivity index (χ0n) is 28.0. The molecule has 0 aliphatic heterocycles. The summed E-state index contributed by atoms with van der Waals surface area (Å²) in [6.45, 7) is 4.84. The fraction of sp³-hybridized carbons (Fsp3) is 0.882. The first kappa shape index (κ1) is 46.9. The predicted octanol–water partition coefficient (Wildman–Crippen LogP) is 5.51. The summed E-state index contributed by atoms with van der Waals surface area (Å²) in [5.41, 5.74) is 0. The van der Waals surface area contributed by atoms with Crippen molar-refractivity contribution in [1.82, 2.24) is 10.6 Å². The number of nitrogens with one attached hydrogen (secondary N) is 2. The first-order chi connectivity index (χ1) is 20.3. The average molecular weight is 734 g/mol. The molecule has 248 valence electrons. The van der Waals surface area contributed by atoms with Crippen LogP contribution < -0.4 is 20.8 Å². The second kappa shape index (κ2) is 39.5. The quantitative estimate of drug-likeness (QED) is 0.0738. The molecule has 0 bridgehead atoms. The summed E-state index contributed by atoms with van der Waals surface area (Å²) in [5, 5.41) is 25.5. The second-order valence-electron chi connectivity index (χ2n) is 11.5. The minimum atomic E-state index is -1.12. The normalized spacial score (nSPS) is 10.3. The van der Waals surface area contributed by atoms with Crippen molar-refractivity contribution in [3.8, 4) is 0 Å². The van der Waals surface area contributed by atoms with Crippen LogP contribution in [0.3, 0.4) is 0 Å². The van der Waals surface area contributed by atoms with Gasteiger partial charge in [0.2, 0.25) is 11.8 Å². The Morgan fingerprint density at radius 3 is 0.860 bits per heavy atom. The van der Waals surface area contributed by atoms with Crippen molar-refractivity contribution in [3.63, 3.8) is 0 Å². The van der Waals surface area contributed by atoms with Crippen molar-refractivity contribution in [2.24, 2.45) is 0 Å². The fourth-order valence-corrected chi connectivity index (χ4v) is 4.68. The minimum Gasteiger partial charge on any atom is -0.550 e. The van der Waals surface area contributed by atoms with E-state index in [1.807, 2.05) is 0 Å². The number of carbonyl (C=O) groups is 4. The van der Waals surface area contributed by atoms with Crippen LogP contribution in [0.4, 0.5) is 0 Å². The van der Waals surface area contributed by atoms with Crippen molar-refractivity contribution >= 4 is 72.6 Å². The van der Waals surface area contributed by atoms with Crippen LogP contribution in [0.15, 0.2) is 0 Å². The van der Waals surface area contributed by atoms with Gasteiger partial charge < -0.3 is 30.4 Å². The molecule has 0 aliphatic carbocycles. The Morgan fingerprint density at radius 1 is 0.395 bits per heavy atom. The van der Waals surface area contributed by atoms with Gasteiger partial charge in [-0.3, -0.25) is 9.59 Å². The first-order valence-corrected chi connectivity index (χ1v) is 17.3. The van der Waals surface area contributed by atoms with E-state index >= 15 is 0 Å². The minimum absolute atomic E-state index is 0. The van der Waals surface area contributed by atoms with Crippen molar-refractivity contribution < 1.29 is 29.4 Å². The van der Waals surface area contributed by atoms with Gasteiger partial charge in [-0.15, -0.1) is 0 Å². The molecule has 0 aromatic heterocycles. The molecule has 0 heterocycles. The SMILES string of the molecule is CCCCCCCCCCCCCC(=O)NCCC(=O)[O-].CCCCCCCCCCCCCC(=O)NCCC(=O)[O-].[Ba+2]. The van der Waals surface area contributed by atoms with Gasteiger partial charge in [-0.2, -0.15) is 0 Å². The molecular weight excluding hydrogens is 670 g/mol. The zero-order valence-corrected chi connectivity index (χ0v) is 32.4. The summed E-state index contributed by atoms with van der Waals surface area (Å²) in [5.74, 6) is -2.34. The van der Waals surface area contributed by atoms with Gasteiger partial charge in [-0.1, -0.05) is 142 Å². The van der Waals surface area contributed by atoms with E-state index in [0.29, 0.717) is 12.8 Å². The largest absolute Gasteiger partial charge is 2.00 e. The van der Waals surface area contributed by atoms with Gasteiger partial charge in [0.15, 0.2) is 0 Å². The molecule has 2 amide bonds. The Bertz CT molecular complexity index is 594. The number of hydrogen-bond acceptors (Lipinski definition) is 6. The number of rotatable bonds is 30. The van der Waals surface area contributed by atoms with Gasteiger partial charge in [0.25, 0.3) is 0 Å². The molecule has 0 aromatic carbocycles. The third-order valence-corrected chi connectivity index (χ3v) is 7.32. The number of unbranched alkanes of at least 4 members (excludes halogenated alkanes) is 20. The van der Waals surface area contributed by atoms with Crippen LogP contribution in [0.25, 0.3) is 0 Å². The number of carboxylic acid groups (broad SMARTS) is 2. The molecule has 0 fully saturated rings. The summed E-state index contributed by atoms with van der Waals surface area (Å²) < 4.78 is 0. The first-order valence-electron chi connectivity index (χ1n) is 17.3. The van der Waals surface area contributed by atoms with Crippen molar-refractivity contribution in [2.75, 3.05) is 13.1 Å². The monoisotopic (exact) mass is 734 g/mol. The van der Waals surface area contributed by atoms with Gasteiger partial charge in [-0.05, 0) is 12.8 Å². The molecule has 0 atom stereocenters. The number of carboxylic acids is 2. The van der Waals surface area contributed by atoms with E-state index in [1.54, 1.807) is 0 Å². The summed E-state index contributed by atoms with van der Waals surface area (Å²) in [6, 6.07) is 0. The van der Waals surface area contributed by atoms with E-state index in [9.17, 15) is 29.4 Å². The Kier molecular flexibility index (Phi) is 43.0. The predicted molar refractivity (Wildman–Crippen MR) is 173 cm³/mol. The molecule has 0 saturated heterocycles. The molecule has 43 heavy (non-hydrogen) atoms. The molecule has 0 aliphatic rings. The Hall–Kier alpha value is -0.549. The maximum atomic E-state index is 11.4. The van der Waals surface area contributed by atoms with Crippen LogP contribution in [0.2, 0.25) is 0 Å².